The number of rotatable bonds is 6. The lowest BCUT2D eigenvalue weighted by molar-refractivity contribution is 0.412. The maximum atomic E-state index is 4.42. The first-order valence-corrected chi connectivity index (χ1v) is 6.39. The molecule has 0 fully saturated rings. The molecule has 0 aliphatic heterocycles. The van der Waals surface area contributed by atoms with Gasteiger partial charge in [0.25, 0.3) is 0 Å². The Labute approximate surface area is 99.3 Å². The zero-order chi connectivity index (χ0) is 12.2. The maximum Gasteiger partial charge on any atom is 0.203 e. The molecule has 92 valence electrons. The molecule has 3 nitrogen and oxygen atoms in total. The SMILES string of the molecule is CCC(CC)(CC)Nc1nccn1C(C)C. The Morgan fingerprint density at radius 3 is 2.25 bits per heavy atom. The summed E-state index contributed by atoms with van der Waals surface area (Å²) in [5.74, 6) is 1.00. The number of imidazole rings is 1. The molecule has 1 aromatic heterocycles. The predicted molar refractivity (Wildman–Crippen MR) is 69.8 cm³/mol. The zero-order valence-corrected chi connectivity index (χ0v) is 11.2. The predicted octanol–water partition coefficient (Wildman–Crippen LogP) is 3.84. The van der Waals surface area contributed by atoms with E-state index in [0.29, 0.717) is 6.04 Å². The monoisotopic (exact) mass is 223 g/mol. The van der Waals surface area contributed by atoms with Crippen LogP contribution >= 0.6 is 0 Å². The van der Waals surface area contributed by atoms with Crippen molar-refractivity contribution in [3.63, 3.8) is 0 Å². The van der Waals surface area contributed by atoms with Gasteiger partial charge in [0.2, 0.25) is 5.95 Å². The van der Waals surface area contributed by atoms with Crippen LogP contribution in [0.3, 0.4) is 0 Å². The fourth-order valence-electron chi connectivity index (χ4n) is 2.08. The van der Waals surface area contributed by atoms with Crippen LogP contribution in [0.15, 0.2) is 12.4 Å². The molecule has 0 saturated carbocycles. The largest absolute Gasteiger partial charge is 0.350 e. The van der Waals surface area contributed by atoms with E-state index in [1.54, 1.807) is 0 Å². The molecule has 0 unspecified atom stereocenters. The van der Waals surface area contributed by atoms with Crippen molar-refractivity contribution in [2.75, 3.05) is 5.32 Å². The van der Waals surface area contributed by atoms with Crippen LogP contribution in [0.4, 0.5) is 5.95 Å². The van der Waals surface area contributed by atoms with E-state index < -0.39 is 0 Å². The van der Waals surface area contributed by atoms with Crippen molar-refractivity contribution < 1.29 is 0 Å². The Kier molecular flexibility index (Phi) is 4.39. The van der Waals surface area contributed by atoms with Crippen LogP contribution < -0.4 is 5.32 Å². The van der Waals surface area contributed by atoms with Gasteiger partial charge in [-0.2, -0.15) is 0 Å². The Hall–Kier alpha value is -0.990. The van der Waals surface area contributed by atoms with E-state index in [1.807, 2.05) is 12.4 Å². The highest BCUT2D eigenvalue weighted by molar-refractivity contribution is 5.31. The smallest absolute Gasteiger partial charge is 0.203 e. The van der Waals surface area contributed by atoms with Gasteiger partial charge in [0.15, 0.2) is 0 Å². The Morgan fingerprint density at radius 1 is 1.25 bits per heavy atom. The van der Waals surface area contributed by atoms with Crippen LogP contribution in [0.25, 0.3) is 0 Å². The van der Waals surface area contributed by atoms with E-state index in [9.17, 15) is 0 Å². The highest BCUT2D eigenvalue weighted by Gasteiger charge is 2.25. The summed E-state index contributed by atoms with van der Waals surface area (Å²) in [4.78, 5) is 4.42. The molecule has 0 amide bonds. The molecule has 0 aromatic carbocycles. The molecule has 0 spiro atoms. The highest BCUT2D eigenvalue weighted by Crippen LogP contribution is 2.25. The summed E-state index contributed by atoms with van der Waals surface area (Å²) in [5.41, 5.74) is 0.192. The van der Waals surface area contributed by atoms with Gasteiger partial charge in [-0.3, -0.25) is 0 Å². The van der Waals surface area contributed by atoms with Gasteiger partial charge in [0, 0.05) is 24.0 Å². The van der Waals surface area contributed by atoms with Crippen molar-refractivity contribution in [1.82, 2.24) is 9.55 Å². The summed E-state index contributed by atoms with van der Waals surface area (Å²) in [6.07, 6.45) is 7.30. The van der Waals surface area contributed by atoms with Crippen molar-refractivity contribution in [1.29, 1.82) is 0 Å². The van der Waals surface area contributed by atoms with Crippen LogP contribution in [-0.2, 0) is 0 Å². The van der Waals surface area contributed by atoms with Crippen molar-refractivity contribution in [3.05, 3.63) is 12.4 Å². The zero-order valence-electron chi connectivity index (χ0n) is 11.2. The molecule has 0 aliphatic carbocycles. The van der Waals surface area contributed by atoms with Crippen LogP contribution in [-0.4, -0.2) is 15.1 Å². The van der Waals surface area contributed by atoms with Crippen molar-refractivity contribution in [3.8, 4) is 0 Å². The first-order chi connectivity index (χ1) is 7.58. The minimum atomic E-state index is 0.192. The Morgan fingerprint density at radius 2 is 1.81 bits per heavy atom. The third-order valence-electron chi connectivity index (χ3n) is 3.63. The van der Waals surface area contributed by atoms with Gasteiger partial charge in [-0.25, -0.2) is 4.98 Å². The van der Waals surface area contributed by atoms with Crippen molar-refractivity contribution in [2.45, 2.75) is 65.5 Å². The minimum absolute atomic E-state index is 0.192. The molecule has 1 N–H and O–H groups in total. The molecule has 1 aromatic rings. The molecule has 0 bridgehead atoms. The fraction of sp³-hybridized carbons (Fsp3) is 0.769. The lowest BCUT2D eigenvalue weighted by Crippen LogP contribution is -2.37. The number of nitrogens with one attached hydrogen (secondary N) is 1. The van der Waals surface area contributed by atoms with Crippen LogP contribution in [0.5, 0.6) is 0 Å². The molecule has 1 heterocycles. The van der Waals surface area contributed by atoms with Gasteiger partial charge in [-0.1, -0.05) is 20.8 Å². The quantitative estimate of drug-likeness (QED) is 0.794. The molecule has 0 atom stereocenters. The van der Waals surface area contributed by atoms with E-state index in [2.05, 4.69) is 49.5 Å². The molecular weight excluding hydrogens is 198 g/mol. The van der Waals surface area contributed by atoms with E-state index in [1.165, 1.54) is 0 Å². The van der Waals surface area contributed by atoms with E-state index in [-0.39, 0.29) is 5.54 Å². The average molecular weight is 223 g/mol. The fourth-order valence-corrected chi connectivity index (χ4v) is 2.08. The molecule has 1 rings (SSSR count). The third-order valence-corrected chi connectivity index (χ3v) is 3.63. The lowest BCUT2D eigenvalue weighted by atomic mass is 9.90. The summed E-state index contributed by atoms with van der Waals surface area (Å²) in [6.45, 7) is 11.1. The van der Waals surface area contributed by atoms with Gasteiger partial charge in [0.05, 0.1) is 0 Å². The number of nitrogens with zero attached hydrogens (tertiary/aromatic N) is 2. The van der Waals surface area contributed by atoms with Crippen LogP contribution in [0.2, 0.25) is 0 Å². The summed E-state index contributed by atoms with van der Waals surface area (Å²) in [7, 11) is 0. The first kappa shape index (κ1) is 13.1. The number of aromatic nitrogens is 2. The average Bonchev–Trinajstić information content (AvgIpc) is 2.74. The topological polar surface area (TPSA) is 29.9 Å². The minimum Gasteiger partial charge on any atom is -0.350 e. The standard InChI is InChI=1S/C13H25N3/c1-6-13(7-2,8-3)15-12-14-9-10-16(12)11(4)5/h9-11H,6-8H2,1-5H3,(H,14,15). The molecule has 3 heteroatoms. The highest BCUT2D eigenvalue weighted by atomic mass is 15.2. The van der Waals surface area contributed by atoms with Crippen LogP contribution in [0, 0.1) is 0 Å². The summed E-state index contributed by atoms with van der Waals surface area (Å²) in [6, 6.07) is 0.452. The molecule has 0 saturated heterocycles. The number of anilines is 1. The van der Waals surface area contributed by atoms with E-state index in [0.717, 1.165) is 25.2 Å². The molecule has 0 aliphatic rings. The number of hydrogen-bond donors (Lipinski definition) is 1. The Balaban J connectivity index is 2.89. The van der Waals surface area contributed by atoms with Crippen molar-refractivity contribution in [2.24, 2.45) is 0 Å². The number of hydrogen-bond acceptors (Lipinski definition) is 2. The molecule has 0 radical (unpaired) electrons. The molecular formula is C13H25N3. The second-order valence-electron chi connectivity index (χ2n) is 4.72. The maximum absolute atomic E-state index is 4.42. The van der Waals surface area contributed by atoms with Gasteiger partial charge in [0.1, 0.15) is 0 Å². The second kappa shape index (κ2) is 5.37. The van der Waals surface area contributed by atoms with Crippen molar-refractivity contribution >= 4 is 5.95 Å². The van der Waals surface area contributed by atoms with E-state index in [4.69, 9.17) is 0 Å². The van der Waals surface area contributed by atoms with Gasteiger partial charge < -0.3 is 9.88 Å². The van der Waals surface area contributed by atoms with Gasteiger partial charge in [-0.05, 0) is 33.1 Å². The normalized spacial score (nSPS) is 12.1. The summed E-state index contributed by atoms with van der Waals surface area (Å²) in [5, 5.41) is 3.62. The molecule has 16 heavy (non-hydrogen) atoms. The summed E-state index contributed by atoms with van der Waals surface area (Å²) < 4.78 is 2.19. The second-order valence-corrected chi connectivity index (χ2v) is 4.72. The Bertz CT molecular complexity index is 302. The van der Waals surface area contributed by atoms with E-state index >= 15 is 0 Å². The van der Waals surface area contributed by atoms with Gasteiger partial charge in [-0.15, -0.1) is 0 Å². The van der Waals surface area contributed by atoms with Gasteiger partial charge >= 0.3 is 0 Å². The van der Waals surface area contributed by atoms with Crippen LogP contribution in [0.1, 0.15) is 59.9 Å². The first-order valence-electron chi connectivity index (χ1n) is 6.39. The lowest BCUT2D eigenvalue weighted by Gasteiger charge is -2.33. The third kappa shape index (κ3) is 2.57. The summed E-state index contributed by atoms with van der Waals surface area (Å²) >= 11 is 0.